The summed E-state index contributed by atoms with van der Waals surface area (Å²) in [7, 11) is 1.77. The molecule has 0 heterocycles. The molecule has 0 fully saturated rings. The van der Waals surface area contributed by atoms with Crippen LogP contribution in [-0.2, 0) is 4.57 Å². The molecule has 3 nitrogen and oxygen atoms in total. The lowest BCUT2D eigenvalue weighted by atomic mass is 10.00. The monoisotopic (exact) mass is 470 g/mol. The maximum Gasteiger partial charge on any atom is 0.376 e. The molecule has 2 atom stereocenters. The van der Waals surface area contributed by atoms with E-state index in [1.54, 1.807) is 0 Å². The summed E-state index contributed by atoms with van der Waals surface area (Å²) >= 11 is 0. The fourth-order valence-electron chi connectivity index (χ4n) is 5.13. The van der Waals surface area contributed by atoms with Crippen molar-refractivity contribution in [2.24, 2.45) is 0 Å². The molecule has 190 valence electrons. The summed E-state index contributed by atoms with van der Waals surface area (Å²) in [5, 5.41) is -0.589. The minimum absolute atomic E-state index is 0.589. The van der Waals surface area contributed by atoms with Crippen molar-refractivity contribution in [2.75, 3.05) is 20.6 Å². The molecule has 32 heavy (non-hydrogen) atoms. The molecular weight excluding hydrogens is 413 g/mol. The lowest BCUT2D eigenvalue weighted by Crippen LogP contribution is -2.58. The largest absolute Gasteiger partial charge is 0.590 e. The minimum atomic E-state index is -2.43. The quantitative estimate of drug-likeness (QED) is 0.0647. The van der Waals surface area contributed by atoms with Crippen LogP contribution in [0.2, 0.25) is 0 Å². The van der Waals surface area contributed by atoms with Crippen LogP contribution in [0.1, 0.15) is 143 Å². The smallest absolute Gasteiger partial charge is 0.376 e. The predicted molar refractivity (Wildman–Crippen MR) is 141 cm³/mol. The zero-order valence-electron chi connectivity index (χ0n) is 22.5. The molecule has 4 heteroatoms. The van der Waals surface area contributed by atoms with Crippen molar-refractivity contribution in [1.29, 1.82) is 0 Å². The first kappa shape index (κ1) is 31.8. The van der Waals surface area contributed by atoms with Gasteiger partial charge < -0.3 is 4.89 Å². The first-order valence-corrected chi connectivity index (χ1v) is 15.2. The van der Waals surface area contributed by atoms with E-state index >= 15 is 0 Å². The summed E-state index contributed by atoms with van der Waals surface area (Å²) in [4.78, 5) is 12.2. The Kier molecular flexibility index (Phi) is 20.0. The van der Waals surface area contributed by atoms with Gasteiger partial charge in [-0.05, 0) is 38.5 Å². The highest BCUT2D eigenvalue weighted by Gasteiger charge is 2.54. The Hall–Kier alpha value is -0.240. The number of allylic oxidation sites excluding steroid dienone is 2. The zero-order chi connectivity index (χ0) is 24.1. The van der Waals surface area contributed by atoms with Gasteiger partial charge in [-0.1, -0.05) is 108 Å². The second kappa shape index (κ2) is 20.2. The summed E-state index contributed by atoms with van der Waals surface area (Å²) in [6.45, 7) is 7.39. The van der Waals surface area contributed by atoms with Crippen LogP contribution in [0, 0.1) is 0 Å². The van der Waals surface area contributed by atoms with Gasteiger partial charge >= 0.3 is 8.03 Å². The summed E-state index contributed by atoms with van der Waals surface area (Å²) in [5.74, 6) is 0. The molecule has 0 aromatic carbocycles. The fraction of sp³-hybridized carbons (Fsp3) is 0.929. The number of unbranched alkanes of at least 4 members (excludes halogenated alkanes) is 14. The Labute approximate surface area is 202 Å². The van der Waals surface area contributed by atoms with Crippen LogP contribution in [0.5, 0.6) is 0 Å². The van der Waals surface area contributed by atoms with Crippen molar-refractivity contribution in [2.45, 2.75) is 148 Å². The lowest BCUT2D eigenvalue weighted by molar-refractivity contribution is -0.928. The van der Waals surface area contributed by atoms with E-state index in [1.807, 2.05) is 6.92 Å². The van der Waals surface area contributed by atoms with E-state index in [-0.39, 0.29) is 0 Å². The fourth-order valence-corrected chi connectivity index (χ4v) is 6.27. The molecule has 0 bridgehead atoms. The molecule has 0 spiro atoms. The van der Waals surface area contributed by atoms with Gasteiger partial charge in [0.2, 0.25) is 0 Å². The number of quaternary nitrogens is 1. The highest BCUT2D eigenvalue weighted by atomic mass is 31.1. The van der Waals surface area contributed by atoms with E-state index in [0.717, 1.165) is 32.2 Å². The van der Waals surface area contributed by atoms with Crippen LogP contribution in [0.15, 0.2) is 12.2 Å². The Bertz CT molecular complexity index is 478. The van der Waals surface area contributed by atoms with Gasteiger partial charge in [0, 0.05) is 12.8 Å². The van der Waals surface area contributed by atoms with Crippen LogP contribution in [-0.4, -0.2) is 30.4 Å². The molecule has 0 aliphatic carbocycles. The van der Waals surface area contributed by atoms with Gasteiger partial charge in [0.15, 0.2) is 0 Å². The minimum Gasteiger partial charge on any atom is -0.590 e. The van der Waals surface area contributed by atoms with Gasteiger partial charge in [-0.15, -0.1) is 0 Å². The van der Waals surface area contributed by atoms with E-state index in [4.69, 9.17) is 0 Å². The molecule has 0 saturated carbocycles. The van der Waals surface area contributed by atoms with Crippen molar-refractivity contribution in [1.82, 2.24) is 0 Å². The molecule has 0 amide bonds. The average Bonchev–Trinajstić information content (AvgIpc) is 2.75. The van der Waals surface area contributed by atoms with Crippen LogP contribution < -0.4 is 4.89 Å². The molecular formula is C28H57NO2P+. The standard InChI is InChI=1S/C28H57NO2P/c1-6-9-10-11-12-13-14-15-16-17-18-19-20-21-22-23-24-25-26-28(8-3,32(30)31)29(4,5)27-7-2/h15-16H,6-14,17-27H2,1-5H3/q+1. The highest BCUT2D eigenvalue weighted by molar-refractivity contribution is 7.38. The summed E-state index contributed by atoms with van der Waals surface area (Å²) in [5.41, 5.74) is 0. The van der Waals surface area contributed by atoms with E-state index < -0.39 is 13.3 Å². The lowest BCUT2D eigenvalue weighted by Gasteiger charge is -2.42. The normalized spacial score (nSPS) is 14.8. The summed E-state index contributed by atoms with van der Waals surface area (Å²) < 4.78 is 12.8. The summed E-state index contributed by atoms with van der Waals surface area (Å²) in [6.07, 6.45) is 28.2. The number of nitrogens with zero attached hydrogens (tertiary/aromatic N) is 1. The molecule has 0 saturated heterocycles. The maximum absolute atomic E-state index is 12.2. The van der Waals surface area contributed by atoms with Crippen LogP contribution in [0.25, 0.3) is 0 Å². The first-order chi connectivity index (χ1) is 15.4. The molecule has 0 aromatic heterocycles. The molecule has 0 N–H and O–H groups in total. The topological polar surface area (TPSA) is 40.1 Å². The van der Waals surface area contributed by atoms with Gasteiger partial charge in [-0.2, -0.15) is 0 Å². The van der Waals surface area contributed by atoms with Crippen molar-refractivity contribution < 1.29 is 13.9 Å². The van der Waals surface area contributed by atoms with Gasteiger partial charge in [0.25, 0.3) is 5.28 Å². The van der Waals surface area contributed by atoms with E-state index in [9.17, 15) is 9.46 Å². The number of rotatable bonds is 23. The third kappa shape index (κ3) is 13.5. The zero-order valence-corrected chi connectivity index (χ0v) is 23.4. The Morgan fingerprint density at radius 3 is 1.53 bits per heavy atom. The SMILES string of the molecule is CCCCCCCCC=CCCCCCCCCCCC(CC)([P+](=O)[O-])[N+](C)(C)CCC. The Balaban J connectivity index is 3.75. The third-order valence-electron chi connectivity index (χ3n) is 7.40. The Morgan fingerprint density at radius 2 is 1.12 bits per heavy atom. The van der Waals surface area contributed by atoms with Gasteiger partial charge in [0.1, 0.15) is 0 Å². The van der Waals surface area contributed by atoms with E-state index in [2.05, 4.69) is 40.1 Å². The molecule has 0 aromatic rings. The van der Waals surface area contributed by atoms with Crippen LogP contribution in [0.3, 0.4) is 0 Å². The van der Waals surface area contributed by atoms with Crippen LogP contribution >= 0.6 is 8.03 Å². The second-order valence-corrected chi connectivity index (χ2v) is 11.7. The van der Waals surface area contributed by atoms with Gasteiger partial charge in [-0.25, -0.2) is 0 Å². The van der Waals surface area contributed by atoms with Crippen molar-refractivity contribution in [3.05, 3.63) is 12.2 Å². The second-order valence-electron chi connectivity index (χ2n) is 10.4. The van der Waals surface area contributed by atoms with Crippen molar-refractivity contribution in [3.8, 4) is 0 Å². The molecule has 0 radical (unpaired) electrons. The molecule has 0 aliphatic heterocycles. The van der Waals surface area contributed by atoms with Crippen molar-refractivity contribution in [3.63, 3.8) is 0 Å². The van der Waals surface area contributed by atoms with Crippen LogP contribution in [0.4, 0.5) is 0 Å². The number of hydrogen-bond acceptors (Lipinski definition) is 2. The molecule has 2 unspecified atom stereocenters. The third-order valence-corrected chi connectivity index (χ3v) is 9.17. The van der Waals surface area contributed by atoms with Gasteiger partial charge in [-0.3, -0.25) is 4.48 Å². The van der Waals surface area contributed by atoms with Crippen molar-refractivity contribution >= 4 is 8.03 Å². The Morgan fingerprint density at radius 1 is 0.688 bits per heavy atom. The highest BCUT2D eigenvalue weighted by Crippen LogP contribution is 2.46. The van der Waals surface area contributed by atoms with Gasteiger partial charge in [0.05, 0.1) is 20.6 Å². The molecule has 0 rings (SSSR count). The summed E-state index contributed by atoms with van der Waals surface area (Å²) in [6, 6.07) is 0. The predicted octanol–water partition coefficient (Wildman–Crippen LogP) is 8.89. The molecule has 0 aliphatic rings. The average molecular weight is 471 g/mol. The number of hydrogen-bond donors (Lipinski definition) is 0. The van der Waals surface area contributed by atoms with E-state index in [1.165, 1.54) is 89.9 Å². The van der Waals surface area contributed by atoms with E-state index in [0.29, 0.717) is 10.9 Å². The maximum atomic E-state index is 12.2. The first-order valence-electron chi connectivity index (χ1n) is 14.0.